The Morgan fingerprint density at radius 1 is 1.27 bits per heavy atom. The van der Waals surface area contributed by atoms with Crippen molar-refractivity contribution < 1.29 is 4.79 Å². The van der Waals surface area contributed by atoms with Crippen LogP contribution >= 0.6 is 27.3 Å². The van der Waals surface area contributed by atoms with E-state index in [0.29, 0.717) is 18.0 Å². The van der Waals surface area contributed by atoms with Crippen molar-refractivity contribution in [1.82, 2.24) is 19.5 Å². The molecule has 1 atom stereocenters. The van der Waals surface area contributed by atoms with Crippen LogP contribution in [0, 0.1) is 5.92 Å². The van der Waals surface area contributed by atoms with Crippen LogP contribution in [-0.4, -0.2) is 45.0 Å². The average Bonchev–Trinajstić information content (AvgIpc) is 3.48. The fraction of sp³-hybridized carbons (Fsp3) is 0.292. The molecule has 0 radical (unpaired) electrons. The van der Waals surface area contributed by atoms with Crippen LogP contribution in [0.1, 0.15) is 17.7 Å². The molecule has 4 aromatic rings. The van der Waals surface area contributed by atoms with Crippen molar-refractivity contribution in [3.05, 3.63) is 63.4 Å². The molecule has 0 saturated carbocycles. The number of fused-ring (bicyclic) bond motifs is 1. The first-order valence-electron chi connectivity index (χ1n) is 11.0. The molecular formula is C24H25BrN6OS. The summed E-state index contributed by atoms with van der Waals surface area (Å²) in [5.74, 6) is 1.44. The van der Waals surface area contributed by atoms with Crippen LogP contribution in [0.15, 0.2) is 58.5 Å². The zero-order valence-electron chi connectivity index (χ0n) is 18.1. The lowest BCUT2D eigenvalue weighted by molar-refractivity contribution is -0.132. The van der Waals surface area contributed by atoms with E-state index in [4.69, 9.17) is 10.7 Å². The molecule has 1 unspecified atom stereocenters. The van der Waals surface area contributed by atoms with E-state index >= 15 is 0 Å². The maximum absolute atomic E-state index is 12.8. The highest BCUT2D eigenvalue weighted by Gasteiger charge is 2.24. The van der Waals surface area contributed by atoms with E-state index in [-0.39, 0.29) is 5.91 Å². The molecule has 0 spiro atoms. The number of hydrogen-bond donors (Lipinski definition) is 2. The molecular weight excluding hydrogens is 500 g/mol. The number of amides is 1. The summed E-state index contributed by atoms with van der Waals surface area (Å²) >= 11 is 5.19. The molecule has 9 heteroatoms. The van der Waals surface area contributed by atoms with Crippen molar-refractivity contribution in [2.75, 3.05) is 30.7 Å². The number of carbonyl (C=O) groups excluding carboxylic acids is 1. The lowest BCUT2D eigenvalue weighted by atomic mass is 9.97. The zero-order valence-corrected chi connectivity index (χ0v) is 20.5. The van der Waals surface area contributed by atoms with E-state index in [1.807, 2.05) is 52.7 Å². The highest BCUT2D eigenvalue weighted by molar-refractivity contribution is 9.10. The normalized spacial score (nSPS) is 16.3. The van der Waals surface area contributed by atoms with Crippen molar-refractivity contribution in [3.63, 3.8) is 0 Å². The maximum atomic E-state index is 12.8. The Bertz CT molecular complexity index is 1270. The number of aromatic nitrogens is 3. The molecule has 7 nitrogen and oxygen atoms in total. The van der Waals surface area contributed by atoms with Crippen molar-refractivity contribution >= 4 is 50.3 Å². The molecule has 1 amide bonds. The fourth-order valence-corrected chi connectivity index (χ4v) is 5.36. The number of para-hydroxylation sites is 1. The van der Waals surface area contributed by atoms with E-state index in [1.165, 1.54) is 0 Å². The molecule has 1 aromatic carbocycles. The number of piperidine rings is 1. The SMILES string of the molecule is Nc1ccccc1-c1cc(NCC2CCCN(C(=O)Cc3cccs3)C2)n2ncc(Br)c2n1. The highest BCUT2D eigenvalue weighted by atomic mass is 79.9. The van der Waals surface area contributed by atoms with Gasteiger partial charge < -0.3 is 16.0 Å². The van der Waals surface area contributed by atoms with Crippen LogP contribution in [0.4, 0.5) is 11.5 Å². The topological polar surface area (TPSA) is 88.5 Å². The van der Waals surface area contributed by atoms with Gasteiger partial charge in [0.25, 0.3) is 0 Å². The third-order valence-electron chi connectivity index (χ3n) is 6.01. The van der Waals surface area contributed by atoms with Gasteiger partial charge in [-0.15, -0.1) is 11.3 Å². The van der Waals surface area contributed by atoms with Gasteiger partial charge in [-0.25, -0.2) is 4.98 Å². The number of nitrogens with zero attached hydrogens (tertiary/aromatic N) is 4. The Balaban J connectivity index is 1.33. The molecule has 170 valence electrons. The summed E-state index contributed by atoms with van der Waals surface area (Å²) in [4.78, 5) is 20.7. The summed E-state index contributed by atoms with van der Waals surface area (Å²) in [5, 5.41) is 10.1. The summed E-state index contributed by atoms with van der Waals surface area (Å²) in [5.41, 5.74) is 9.31. The van der Waals surface area contributed by atoms with E-state index in [1.54, 1.807) is 22.0 Å². The van der Waals surface area contributed by atoms with Gasteiger partial charge in [-0.2, -0.15) is 9.61 Å². The van der Waals surface area contributed by atoms with Crippen LogP contribution < -0.4 is 11.1 Å². The second-order valence-electron chi connectivity index (χ2n) is 8.33. The Morgan fingerprint density at radius 2 is 2.15 bits per heavy atom. The van der Waals surface area contributed by atoms with E-state index in [9.17, 15) is 4.79 Å². The molecule has 33 heavy (non-hydrogen) atoms. The Morgan fingerprint density at radius 3 is 2.97 bits per heavy atom. The van der Waals surface area contributed by atoms with Gasteiger partial charge in [0, 0.05) is 41.8 Å². The van der Waals surface area contributed by atoms with Crippen molar-refractivity contribution in [3.8, 4) is 11.3 Å². The Hall–Kier alpha value is -2.91. The predicted molar refractivity (Wildman–Crippen MR) is 136 cm³/mol. The largest absolute Gasteiger partial charge is 0.398 e. The minimum Gasteiger partial charge on any atom is -0.398 e. The summed E-state index contributed by atoms with van der Waals surface area (Å²) < 4.78 is 2.62. The van der Waals surface area contributed by atoms with Crippen LogP contribution in [-0.2, 0) is 11.2 Å². The van der Waals surface area contributed by atoms with Crippen LogP contribution in [0.5, 0.6) is 0 Å². The van der Waals surface area contributed by atoms with E-state index in [2.05, 4.69) is 26.3 Å². The quantitative estimate of drug-likeness (QED) is 0.357. The lowest BCUT2D eigenvalue weighted by Crippen LogP contribution is -2.42. The number of benzene rings is 1. The molecule has 3 aromatic heterocycles. The predicted octanol–water partition coefficient (Wildman–Crippen LogP) is 4.70. The number of nitrogen functional groups attached to an aromatic ring is 1. The summed E-state index contributed by atoms with van der Waals surface area (Å²) in [6, 6.07) is 13.7. The average molecular weight is 525 g/mol. The molecule has 1 aliphatic rings. The number of rotatable bonds is 6. The summed E-state index contributed by atoms with van der Waals surface area (Å²) in [6.07, 6.45) is 4.35. The fourth-order valence-electron chi connectivity index (χ4n) is 4.31. The second-order valence-corrected chi connectivity index (χ2v) is 10.2. The third-order valence-corrected chi connectivity index (χ3v) is 7.45. The summed E-state index contributed by atoms with van der Waals surface area (Å²) in [6.45, 7) is 2.36. The minimum absolute atomic E-state index is 0.214. The summed E-state index contributed by atoms with van der Waals surface area (Å²) in [7, 11) is 0. The molecule has 4 heterocycles. The monoisotopic (exact) mass is 524 g/mol. The van der Waals surface area contributed by atoms with Gasteiger partial charge in [-0.1, -0.05) is 24.3 Å². The molecule has 3 N–H and O–H groups in total. The maximum Gasteiger partial charge on any atom is 0.227 e. The van der Waals surface area contributed by atoms with Gasteiger partial charge >= 0.3 is 0 Å². The number of likely N-dealkylation sites (tertiary alicyclic amines) is 1. The zero-order chi connectivity index (χ0) is 22.8. The molecule has 1 fully saturated rings. The first kappa shape index (κ1) is 21.9. The van der Waals surface area contributed by atoms with Crippen LogP contribution in [0.2, 0.25) is 0 Å². The van der Waals surface area contributed by atoms with Crippen LogP contribution in [0.25, 0.3) is 16.9 Å². The Labute approximate surface area is 204 Å². The van der Waals surface area contributed by atoms with E-state index in [0.717, 1.165) is 64.5 Å². The standard InChI is InChI=1S/C24H25BrN6OS/c25-19-14-28-31-22(12-21(29-24(19)31)18-7-1-2-8-20(18)26)27-13-16-5-3-9-30(15-16)23(32)11-17-6-4-10-33-17/h1-2,4,6-8,10,12,14,16,27H,3,5,9,11,13,15,26H2. The smallest absolute Gasteiger partial charge is 0.227 e. The van der Waals surface area contributed by atoms with E-state index < -0.39 is 0 Å². The van der Waals surface area contributed by atoms with Gasteiger partial charge in [0.2, 0.25) is 5.91 Å². The first-order chi connectivity index (χ1) is 16.1. The lowest BCUT2D eigenvalue weighted by Gasteiger charge is -2.33. The second kappa shape index (κ2) is 9.52. The molecule has 1 aliphatic heterocycles. The minimum atomic E-state index is 0.214. The first-order valence-corrected chi connectivity index (χ1v) is 12.7. The number of nitrogens with one attached hydrogen (secondary N) is 1. The van der Waals surface area contributed by atoms with Gasteiger partial charge in [-0.05, 0) is 52.2 Å². The Kier molecular flexibility index (Phi) is 6.32. The van der Waals surface area contributed by atoms with Gasteiger partial charge in [-0.3, -0.25) is 4.79 Å². The molecule has 1 saturated heterocycles. The number of halogens is 1. The highest BCUT2D eigenvalue weighted by Crippen LogP contribution is 2.29. The van der Waals surface area contributed by atoms with Crippen LogP contribution in [0.3, 0.4) is 0 Å². The van der Waals surface area contributed by atoms with Crippen molar-refractivity contribution in [2.24, 2.45) is 5.92 Å². The number of carbonyl (C=O) groups is 1. The number of thiophene rings is 1. The third kappa shape index (κ3) is 4.74. The van der Waals surface area contributed by atoms with Gasteiger partial charge in [0.1, 0.15) is 5.82 Å². The molecule has 5 rings (SSSR count). The molecule has 0 bridgehead atoms. The van der Waals surface area contributed by atoms with Crippen molar-refractivity contribution in [1.29, 1.82) is 0 Å². The van der Waals surface area contributed by atoms with Gasteiger partial charge in [0.05, 0.1) is 22.8 Å². The molecule has 0 aliphatic carbocycles. The number of hydrogen-bond acceptors (Lipinski definition) is 6. The number of anilines is 2. The van der Waals surface area contributed by atoms with Crippen molar-refractivity contribution in [2.45, 2.75) is 19.3 Å². The number of nitrogens with two attached hydrogens (primary N) is 1. The van der Waals surface area contributed by atoms with Gasteiger partial charge in [0.15, 0.2) is 5.65 Å².